The molecule has 2 heterocycles. The van der Waals surface area contributed by atoms with Crippen LogP contribution < -0.4 is 10.6 Å². The minimum absolute atomic E-state index is 0.0129. The highest BCUT2D eigenvalue weighted by atomic mass is 16.5. The van der Waals surface area contributed by atoms with Gasteiger partial charge in [0.15, 0.2) is 0 Å². The Morgan fingerprint density at radius 3 is 2.53 bits per heavy atom. The lowest BCUT2D eigenvalue weighted by Crippen LogP contribution is -2.54. The van der Waals surface area contributed by atoms with Gasteiger partial charge in [-0.3, -0.25) is 9.59 Å². The number of Topliss-reactive ketones (excluding diaryl/α,β-unsaturated/α-hetero) is 1. The third-order valence-corrected chi connectivity index (χ3v) is 6.07. The molecule has 0 bridgehead atoms. The fourth-order valence-electron chi connectivity index (χ4n) is 4.25. The second kappa shape index (κ2) is 12.6. The fraction of sp³-hybridized carbons (Fsp3) is 0.769. The van der Waals surface area contributed by atoms with E-state index in [-0.39, 0.29) is 40.9 Å². The summed E-state index contributed by atoms with van der Waals surface area (Å²) in [6.45, 7) is 17.5. The highest BCUT2D eigenvalue weighted by Crippen LogP contribution is 2.26. The van der Waals surface area contributed by atoms with Crippen molar-refractivity contribution in [1.29, 1.82) is 0 Å². The summed E-state index contributed by atoms with van der Waals surface area (Å²) < 4.78 is 5.16. The van der Waals surface area contributed by atoms with Gasteiger partial charge in [0, 0.05) is 69.4 Å². The van der Waals surface area contributed by atoms with Crippen molar-refractivity contribution < 1.29 is 14.3 Å². The standard InChI is InChI=1S/C26H45N5O3/c1-17(2)16-31(20-12-19(13-27-14-20)22(32)18(3)4)24(33)21-15-29-25(26(5,6)7)30-23(21)28-10-9-11-34-8/h15,17-20,27H,9-14,16H2,1-8H3,(H,28,29,30)/t19-,20+/m1/s1. The van der Waals surface area contributed by atoms with E-state index in [9.17, 15) is 9.59 Å². The predicted molar refractivity (Wildman–Crippen MR) is 136 cm³/mol. The number of hydrogen-bond donors (Lipinski definition) is 2. The first-order chi connectivity index (χ1) is 16.0. The van der Waals surface area contributed by atoms with Crippen LogP contribution in [0.2, 0.25) is 0 Å². The number of anilines is 1. The average Bonchev–Trinajstić information content (AvgIpc) is 2.78. The summed E-state index contributed by atoms with van der Waals surface area (Å²) >= 11 is 0. The largest absolute Gasteiger partial charge is 0.385 e. The van der Waals surface area contributed by atoms with Crippen LogP contribution in [0.4, 0.5) is 5.82 Å². The van der Waals surface area contributed by atoms with Crippen molar-refractivity contribution in [2.24, 2.45) is 17.8 Å². The Bertz CT molecular complexity index is 819. The van der Waals surface area contributed by atoms with Crippen molar-refractivity contribution in [2.45, 2.75) is 72.8 Å². The molecule has 1 aliphatic heterocycles. The Morgan fingerprint density at radius 2 is 1.94 bits per heavy atom. The minimum atomic E-state index is -0.236. The number of nitrogens with zero attached hydrogens (tertiary/aromatic N) is 3. The molecule has 2 rings (SSSR count). The number of hydrogen-bond acceptors (Lipinski definition) is 7. The molecule has 8 nitrogen and oxygen atoms in total. The number of ether oxygens (including phenoxy) is 1. The van der Waals surface area contributed by atoms with Gasteiger partial charge in [-0.2, -0.15) is 0 Å². The van der Waals surface area contributed by atoms with Crippen LogP contribution in [0.5, 0.6) is 0 Å². The van der Waals surface area contributed by atoms with Crippen molar-refractivity contribution in [3.05, 3.63) is 17.6 Å². The van der Waals surface area contributed by atoms with Crippen LogP contribution in [0, 0.1) is 17.8 Å². The molecule has 0 saturated carbocycles. The lowest BCUT2D eigenvalue weighted by atomic mass is 9.86. The van der Waals surface area contributed by atoms with Gasteiger partial charge in [0.05, 0.1) is 0 Å². The molecule has 0 spiro atoms. The van der Waals surface area contributed by atoms with E-state index in [1.165, 1.54) is 0 Å². The number of nitrogens with one attached hydrogen (secondary N) is 2. The Kier molecular flexibility index (Phi) is 10.4. The number of carbonyl (C=O) groups excluding carboxylic acids is 2. The van der Waals surface area contributed by atoms with E-state index in [2.05, 4.69) is 50.2 Å². The summed E-state index contributed by atoms with van der Waals surface area (Å²) in [5, 5.41) is 6.74. The second-order valence-corrected chi connectivity index (χ2v) is 11.1. The molecule has 34 heavy (non-hydrogen) atoms. The first-order valence-electron chi connectivity index (χ1n) is 12.6. The lowest BCUT2D eigenvalue weighted by molar-refractivity contribution is -0.126. The summed E-state index contributed by atoms with van der Waals surface area (Å²) in [7, 11) is 1.68. The first kappa shape index (κ1) is 28.2. The SMILES string of the molecule is COCCCNc1nc(C(C)(C)C)ncc1C(=O)N(CC(C)C)[C@@H]1CNC[C@H](C(=O)C(C)C)C1. The molecule has 1 aromatic heterocycles. The monoisotopic (exact) mass is 475 g/mol. The molecular formula is C26H45N5O3. The highest BCUT2D eigenvalue weighted by molar-refractivity contribution is 5.98. The van der Waals surface area contributed by atoms with E-state index in [4.69, 9.17) is 9.72 Å². The number of carbonyl (C=O) groups is 2. The predicted octanol–water partition coefficient (Wildman–Crippen LogP) is 3.52. The number of amides is 1. The molecule has 192 valence electrons. The zero-order valence-corrected chi connectivity index (χ0v) is 22.4. The van der Waals surface area contributed by atoms with Crippen LogP contribution in [0.15, 0.2) is 6.20 Å². The van der Waals surface area contributed by atoms with E-state index < -0.39 is 0 Å². The Balaban J connectivity index is 2.37. The first-order valence-corrected chi connectivity index (χ1v) is 12.6. The quantitative estimate of drug-likeness (QED) is 0.473. The second-order valence-electron chi connectivity index (χ2n) is 11.1. The van der Waals surface area contributed by atoms with Gasteiger partial charge in [-0.1, -0.05) is 48.5 Å². The summed E-state index contributed by atoms with van der Waals surface area (Å²) in [5.74, 6) is 1.62. The fourth-order valence-corrected chi connectivity index (χ4v) is 4.25. The number of piperidine rings is 1. The van der Waals surface area contributed by atoms with Crippen LogP contribution in [-0.2, 0) is 14.9 Å². The van der Waals surface area contributed by atoms with Crippen molar-refractivity contribution in [3.8, 4) is 0 Å². The molecular weight excluding hydrogens is 430 g/mol. The smallest absolute Gasteiger partial charge is 0.259 e. The van der Waals surface area contributed by atoms with Crippen molar-refractivity contribution in [3.63, 3.8) is 0 Å². The van der Waals surface area contributed by atoms with E-state index in [0.29, 0.717) is 56.4 Å². The van der Waals surface area contributed by atoms with Crippen LogP contribution in [0.25, 0.3) is 0 Å². The Labute approximate surface area is 205 Å². The number of aromatic nitrogens is 2. The molecule has 1 fully saturated rings. The van der Waals surface area contributed by atoms with Gasteiger partial charge in [-0.15, -0.1) is 0 Å². The molecule has 1 saturated heterocycles. The van der Waals surface area contributed by atoms with Gasteiger partial charge < -0.3 is 20.3 Å². The zero-order chi connectivity index (χ0) is 25.5. The normalized spacial score (nSPS) is 18.9. The molecule has 8 heteroatoms. The molecule has 1 aliphatic rings. The van der Waals surface area contributed by atoms with E-state index in [1.54, 1.807) is 13.3 Å². The highest BCUT2D eigenvalue weighted by Gasteiger charge is 2.35. The average molecular weight is 476 g/mol. The van der Waals surface area contributed by atoms with Gasteiger partial charge >= 0.3 is 0 Å². The molecule has 1 aromatic rings. The molecule has 0 unspecified atom stereocenters. The van der Waals surface area contributed by atoms with Gasteiger partial charge in [-0.05, 0) is 18.8 Å². The maximum Gasteiger partial charge on any atom is 0.259 e. The third kappa shape index (κ3) is 7.73. The Hall–Kier alpha value is -2.06. The lowest BCUT2D eigenvalue weighted by Gasteiger charge is -2.39. The molecule has 0 aromatic carbocycles. The third-order valence-electron chi connectivity index (χ3n) is 6.07. The summed E-state index contributed by atoms with van der Waals surface area (Å²) in [4.78, 5) is 37.9. The number of rotatable bonds is 11. The maximum absolute atomic E-state index is 13.9. The topological polar surface area (TPSA) is 96.4 Å². The van der Waals surface area contributed by atoms with Gasteiger partial charge in [-0.25, -0.2) is 9.97 Å². The van der Waals surface area contributed by atoms with Crippen molar-refractivity contribution in [1.82, 2.24) is 20.2 Å². The summed E-state index contributed by atoms with van der Waals surface area (Å²) in [5.41, 5.74) is 0.239. The number of ketones is 1. The van der Waals surface area contributed by atoms with Gasteiger partial charge in [0.2, 0.25) is 0 Å². The molecule has 1 amide bonds. The molecule has 2 atom stereocenters. The van der Waals surface area contributed by atoms with Gasteiger partial charge in [0.25, 0.3) is 5.91 Å². The maximum atomic E-state index is 13.9. The zero-order valence-electron chi connectivity index (χ0n) is 22.4. The van der Waals surface area contributed by atoms with Crippen LogP contribution in [0.1, 0.15) is 77.5 Å². The summed E-state index contributed by atoms with van der Waals surface area (Å²) in [6.07, 6.45) is 3.15. The minimum Gasteiger partial charge on any atom is -0.385 e. The van der Waals surface area contributed by atoms with Gasteiger partial charge in [0.1, 0.15) is 23.0 Å². The summed E-state index contributed by atoms with van der Waals surface area (Å²) in [6, 6.07) is -0.0556. The van der Waals surface area contributed by atoms with E-state index in [1.807, 2.05) is 18.7 Å². The van der Waals surface area contributed by atoms with Crippen LogP contribution >= 0.6 is 0 Å². The molecule has 2 N–H and O–H groups in total. The molecule has 0 radical (unpaired) electrons. The van der Waals surface area contributed by atoms with E-state index >= 15 is 0 Å². The van der Waals surface area contributed by atoms with Crippen LogP contribution in [0.3, 0.4) is 0 Å². The molecule has 0 aliphatic carbocycles. The van der Waals surface area contributed by atoms with Crippen molar-refractivity contribution >= 4 is 17.5 Å². The van der Waals surface area contributed by atoms with E-state index in [0.717, 1.165) is 6.42 Å². The van der Waals surface area contributed by atoms with Crippen molar-refractivity contribution in [2.75, 3.05) is 45.2 Å². The Morgan fingerprint density at radius 1 is 1.24 bits per heavy atom. The van der Waals surface area contributed by atoms with Crippen LogP contribution in [-0.4, -0.2) is 72.5 Å². The number of methoxy groups -OCH3 is 1.